The van der Waals surface area contributed by atoms with E-state index in [1.807, 2.05) is 0 Å². The van der Waals surface area contributed by atoms with Crippen molar-refractivity contribution >= 4 is 21.9 Å². The molecule has 2 aliphatic rings. The SMILES string of the molecule is CC1CCN(S(=O)(=O)c2ccc(C(=O)OCC(=O)NC3CC3)cc2)CC1. The number of amides is 1. The zero-order valence-corrected chi connectivity index (χ0v) is 15.6. The van der Waals surface area contributed by atoms with Crippen molar-refractivity contribution < 1.29 is 22.7 Å². The predicted molar refractivity (Wildman–Crippen MR) is 95.0 cm³/mol. The molecule has 7 nitrogen and oxygen atoms in total. The fraction of sp³-hybridized carbons (Fsp3) is 0.556. The number of nitrogens with zero attached hydrogens (tertiary/aromatic N) is 1. The minimum absolute atomic E-state index is 0.162. The van der Waals surface area contributed by atoms with Crippen molar-refractivity contribution in [2.24, 2.45) is 5.92 Å². The number of carbonyl (C=O) groups is 2. The lowest BCUT2D eigenvalue weighted by molar-refractivity contribution is -0.124. The van der Waals surface area contributed by atoms with Gasteiger partial charge in [-0.25, -0.2) is 13.2 Å². The summed E-state index contributed by atoms with van der Waals surface area (Å²) in [5.41, 5.74) is 0.218. The molecule has 1 N–H and O–H groups in total. The van der Waals surface area contributed by atoms with E-state index in [1.54, 1.807) is 0 Å². The van der Waals surface area contributed by atoms with Crippen LogP contribution in [0.25, 0.3) is 0 Å². The summed E-state index contributed by atoms with van der Waals surface area (Å²) in [5, 5.41) is 2.73. The topological polar surface area (TPSA) is 92.8 Å². The van der Waals surface area contributed by atoms with Gasteiger partial charge in [0.05, 0.1) is 10.5 Å². The van der Waals surface area contributed by atoms with Crippen molar-refractivity contribution in [3.63, 3.8) is 0 Å². The monoisotopic (exact) mass is 380 g/mol. The number of benzene rings is 1. The maximum Gasteiger partial charge on any atom is 0.338 e. The van der Waals surface area contributed by atoms with Crippen LogP contribution in [0, 0.1) is 5.92 Å². The third-order valence-electron chi connectivity index (χ3n) is 4.75. The van der Waals surface area contributed by atoms with Gasteiger partial charge >= 0.3 is 5.97 Å². The second kappa shape index (κ2) is 7.75. The largest absolute Gasteiger partial charge is 0.452 e. The van der Waals surface area contributed by atoms with Crippen LogP contribution in [-0.2, 0) is 19.6 Å². The number of esters is 1. The molecule has 0 aromatic heterocycles. The first-order chi connectivity index (χ1) is 12.4. The minimum Gasteiger partial charge on any atom is -0.452 e. The summed E-state index contributed by atoms with van der Waals surface area (Å²) in [6, 6.07) is 5.87. The maximum absolute atomic E-state index is 12.7. The molecule has 2 fully saturated rings. The molecule has 1 heterocycles. The second-order valence-corrected chi connectivity index (χ2v) is 8.97. The van der Waals surface area contributed by atoms with Crippen molar-refractivity contribution in [1.29, 1.82) is 0 Å². The Labute approximate surface area is 153 Å². The number of nitrogens with one attached hydrogen (secondary N) is 1. The van der Waals surface area contributed by atoms with Crippen LogP contribution in [-0.4, -0.2) is 50.3 Å². The highest BCUT2D eigenvalue weighted by Crippen LogP contribution is 2.23. The first-order valence-corrected chi connectivity index (χ1v) is 10.4. The van der Waals surface area contributed by atoms with Crippen LogP contribution >= 0.6 is 0 Å². The third kappa shape index (κ3) is 4.62. The molecule has 0 unspecified atom stereocenters. The zero-order chi connectivity index (χ0) is 18.7. The molecule has 8 heteroatoms. The van der Waals surface area contributed by atoms with Crippen molar-refractivity contribution in [3.05, 3.63) is 29.8 Å². The molecule has 1 amide bonds. The van der Waals surface area contributed by atoms with Crippen LogP contribution in [0.5, 0.6) is 0 Å². The summed E-state index contributed by atoms with van der Waals surface area (Å²) in [6.07, 6.45) is 3.64. The Morgan fingerprint density at radius 1 is 1.12 bits per heavy atom. The fourth-order valence-electron chi connectivity index (χ4n) is 2.85. The van der Waals surface area contributed by atoms with Gasteiger partial charge in [0, 0.05) is 19.1 Å². The lowest BCUT2D eigenvalue weighted by Gasteiger charge is -2.29. The highest BCUT2D eigenvalue weighted by Gasteiger charge is 2.28. The predicted octanol–water partition coefficient (Wildman–Crippen LogP) is 1.54. The van der Waals surface area contributed by atoms with E-state index in [2.05, 4.69) is 12.2 Å². The van der Waals surface area contributed by atoms with Gasteiger partial charge in [0.1, 0.15) is 0 Å². The Balaban J connectivity index is 1.58. The van der Waals surface area contributed by atoms with E-state index in [0.29, 0.717) is 19.0 Å². The van der Waals surface area contributed by atoms with Crippen LogP contribution in [0.3, 0.4) is 0 Å². The minimum atomic E-state index is -3.54. The van der Waals surface area contributed by atoms with Crippen LogP contribution in [0.2, 0.25) is 0 Å². The number of hydrogen-bond donors (Lipinski definition) is 1. The van der Waals surface area contributed by atoms with Gasteiger partial charge < -0.3 is 10.1 Å². The number of carbonyl (C=O) groups excluding carboxylic acids is 2. The molecule has 1 aromatic carbocycles. The number of hydrogen-bond acceptors (Lipinski definition) is 5. The van der Waals surface area contributed by atoms with Gasteiger partial charge in [-0.05, 0) is 55.9 Å². The lowest BCUT2D eigenvalue weighted by atomic mass is 10.0. The standard InChI is InChI=1S/C18H24N2O5S/c1-13-8-10-20(11-9-13)26(23,24)16-6-2-14(3-7-16)18(22)25-12-17(21)19-15-4-5-15/h2-3,6-7,13,15H,4-5,8-12H2,1H3,(H,19,21). The quantitative estimate of drug-likeness (QED) is 0.756. The molecule has 1 aliphatic heterocycles. The normalized spacial score (nSPS) is 19.1. The molecule has 0 bridgehead atoms. The zero-order valence-electron chi connectivity index (χ0n) is 14.8. The number of rotatable bonds is 6. The molecular weight excluding hydrogens is 356 g/mol. The molecule has 1 saturated carbocycles. The Hall–Kier alpha value is -1.93. The molecule has 3 rings (SSSR count). The van der Waals surface area contributed by atoms with Crippen molar-refractivity contribution in [2.45, 2.75) is 43.5 Å². The van der Waals surface area contributed by atoms with Crippen LogP contribution in [0.1, 0.15) is 43.0 Å². The van der Waals surface area contributed by atoms with Crippen LogP contribution < -0.4 is 5.32 Å². The van der Waals surface area contributed by atoms with E-state index >= 15 is 0 Å². The first-order valence-electron chi connectivity index (χ1n) is 8.93. The molecule has 142 valence electrons. The van der Waals surface area contributed by atoms with Crippen LogP contribution in [0.15, 0.2) is 29.2 Å². The lowest BCUT2D eigenvalue weighted by Crippen LogP contribution is -2.37. The average molecular weight is 380 g/mol. The second-order valence-electron chi connectivity index (χ2n) is 7.03. The highest BCUT2D eigenvalue weighted by atomic mass is 32.2. The van der Waals surface area contributed by atoms with Gasteiger partial charge in [-0.2, -0.15) is 4.31 Å². The van der Waals surface area contributed by atoms with E-state index in [9.17, 15) is 18.0 Å². The number of ether oxygens (including phenoxy) is 1. The maximum atomic E-state index is 12.7. The van der Waals surface area contributed by atoms with E-state index in [1.165, 1.54) is 28.6 Å². The first kappa shape index (κ1) is 18.8. The molecular formula is C18H24N2O5S. The van der Waals surface area contributed by atoms with Gasteiger partial charge in [0.2, 0.25) is 10.0 Å². The Morgan fingerprint density at radius 3 is 2.31 bits per heavy atom. The molecule has 0 radical (unpaired) electrons. The van der Waals surface area contributed by atoms with Gasteiger partial charge in [-0.1, -0.05) is 6.92 Å². The molecule has 0 atom stereocenters. The summed E-state index contributed by atoms with van der Waals surface area (Å²) >= 11 is 0. The highest BCUT2D eigenvalue weighted by molar-refractivity contribution is 7.89. The molecule has 26 heavy (non-hydrogen) atoms. The Kier molecular flexibility index (Phi) is 5.62. The van der Waals surface area contributed by atoms with Gasteiger partial charge in [0.25, 0.3) is 5.91 Å². The molecule has 1 saturated heterocycles. The summed E-state index contributed by atoms with van der Waals surface area (Å²) < 4.78 is 31.8. The van der Waals surface area contributed by atoms with Gasteiger partial charge in [-0.15, -0.1) is 0 Å². The molecule has 1 aliphatic carbocycles. The van der Waals surface area contributed by atoms with E-state index < -0.39 is 16.0 Å². The van der Waals surface area contributed by atoms with Crippen molar-refractivity contribution in [2.75, 3.05) is 19.7 Å². The van der Waals surface area contributed by atoms with Gasteiger partial charge in [0.15, 0.2) is 6.61 Å². The smallest absolute Gasteiger partial charge is 0.338 e. The van der Waals surface area contributed by atoms with Gasteiger partial charge in [-0.3, -0.25) is 4.79 Å². The molecule has 1 aromatic rings. The van der Waals surface area contributed by atoms with Crippen molar-refractivity contribution in [3.8, 4) is 0 Å². The number of sulfonamides is 1. The Bertz CT molecular complexity index is 763. The number of piperidine rings is 1. The van der Waals surface area contributed by atoms with E-state index in [-0.39, 0.29) is 29.0 Å². The Morgan fingerprint density at radius 2 is 1.73 bits per heavy atom. The van der Waals surface area contributed by atoms with Crippen molar-refractivity contribution in [1.82, 2.24) is 9.62 Å². The van der Waals surface area contributed by atoms with E-state index in [4.69, 9.17) is 4.74 Å². The summed E-state index contributed by atoms with van der Waals surface area (Å²) in [6.45, 7) is 2.82. The van der Waals surface area contributed by atoms with E-state index in [0.717, 1.165) is 25.7 Å². The fourth-order valence-corrected chi connectivity index (χ4v) is 4.32. The third-order valence-corrected chi connectivity index (χ3v) is 6.66. The summed E-state index contributed by atoms with van der Waals surface area (Å²) in [5.74, 6) is -0.429. The summed E-state index contributed by atoms with van der Waals surface area (Å²) in [4.78, 5) is 23.7. The van der Waals surface area contributed by atoms with Crippen LogP contribution in [0.4, 0.5) is 0 Å². The summed E-state index contributed by atoms with van der Waals surface area (Å²) in [7, 11) is -3.54. The molecule has 0 spiro atoms. The average Bonchev–Trinajstić information content (AvgIpc) is 3.44.